The lowest BCUT2D eigenvalue weighted by molar-refractivity contribution is -0.143. The van der Waals surface area contributed by atoms with E-state index >= 15 is 0 Å². The molecule has 0 aromatic rings. The molecule has 3 nitrogen and oxygen atoms in total. The number of carbonyl (C=O) groups is 2. The van der Waals surface area contributed by atoms with Gasteiger partial charge in [-0.05, 0) is 38.2 Å². The summed E-state index contributed by atoms with van der Waals surface area (Å²) in [5.41, 5.74) is 0. The average Bonchev–Trinajstić information content (AvgIpc) is 2.71. The molecule has 1 heterocycles. The summed E-state index contributed by atoms with van der Waals surface area (Å²) in [6.45, 7) is 2.26. The van der Waals surface area contributed by atoms with E-state index in [9.17, 15) is 9.59 Å². The Labute approximate surface area is 178 Å². The molecule has 0 aromatic carbocycles. The van der Waals surface area contributed by atoms with Gasteiger partial charge in [0.15, 0.2) is 5.78 Å². The number of hydrogen-bond acceptors (Lipinski definition) is 3. The van der Waals surface area contributed by atoms with Gasteiger partial charge in [0, 0.05) is 25.3 Å². The number of unbranched alkanes of at least 4 members (excludes halogenated alkanes) is 11. The first-order chi connectivity index (χ1) is 14.2. The SMILES string of the molecule is CCCCCCCC/C=C\CCCCCCCC(=O)/C=C/C[C@H]1CC=CC(=O)O1. The van der Waals surface area contributed by atoms with Crippen molar-refractivity contribution in [3.63, 3.8) is 0 Å². The first kappa shape index (κ1) is 25.4. The van der Waals surface area contributed by atoms with Gasteiger partial charge in [-0.15, -0.1) is 0 Å². The van der Waals surface area contributed by atoms with E-state index in [2.05, 4.69) is 19.1 Å². The van der Waals surface area contributed by atoms with E-state index in [0.717, 1.165) is 19.3 Å². The van der Waals surface area contributed by atoms with Crippen molar-refractivity contribution in [1.82, 2.24) is 0 Å². The maximum atomic E-state index is 11.9. The molecule has 3 heteroatoms. The van der Waals surface area contributed by atoms with Crippen molar-refractivity contribution in [3.8, 4) is 0 Å². The standard InChI is InChI=1S/C26H42O3/c1-2-3-4-5-6-7-8-9-10-11-12-13-14-15-16-19-24(27)20-17-21-25-22-18-23-26(28)29-25/h9-10,17-18,20,23,25H,2-8,11-16,19,21-22H2,1H3/b10-9-,20-17+/t25-/m0/s1. The minimum Gasteiger partial charge on any atom is -0.459 e. The van der Waals surface area contributed by atoms with Gasteiger partial charge in [-0.25, -0.2) is 4.79 Å². The van der Waals surface area contributed by atoms with Crippen molar-refractivity contribution in [2.45, 2.75) is 116 Å². The predicted octanol–water partition coefficient (Wildman–Crippen LogP) is 7.41. The van der Waals surface area contributed by atoms with Crippen LogP contribution in [0.4, 0.5) is 0 Å². The second kappa shape index (κ2) is 18.4. The second-order valence-corrected chi connectivity index (χ2v) is 8.14. The van der Waals surface area contributed by atoms with Gasteiger partial charge in [0.05, 0.1) is 0 Å². The van der Waals surface area contributed by atoms with Gasteiger partial charge in [-0.2, -0.15) is 0 Å². The molecule has 0 unspecified atom stereocenters. The minimum absolute atomic E-state index is 0.114. The van der Waals surface area contributed by atoms with E-state index in [0.29, 0.717) is 12.8 Å². The highest BCUT2D eigenvalue weighted by atomic mass is 16.5. The molecule has 1 rings (SSSR count). The fourth-order valence-corrected chi connectivity index (χ4v) is 3.52. The highest BCUT2D eigenvalue weighted by Crippen LogP contribution is 2.13. The number of ether oxygens (including phenoxy) is 1. The van der Waals surface area contributed by atoms with E-state index in [-0.39, 0.29) is 17.9 Å². The monoisotopic (exact) mass is 402 g/mol. The van der Waals surface area contributed by atoms with Crippen molar-refractivity contribution < 1.29 is 14.3 Å². The summed E-state index contributed by atoms with van der Waals surface area (Å²) in [7, 11) is 0. The van der Waals surface area contributed by atoms with Crippen LogP contribution in [0, 0.1) is 0 Å². The number of carbonyl (C=O) groups excluding carboxylic acids is 2. The summed E-state index contributed by atoms with van der Waals surface area (Å²) >= 11 is 0. The Balaban J connectivity index is 1.86. The minimum atomic E-state index is -0.283. The van der Waals surface area contributed by atoms with Gasteiger partial charge in [0.25, 0.3) is 0 Å². The third-order valence-corrected chi connectivity index (χ3v) is 5.32. The Morgan fingerprint density at radius 3 is 2.21 bits per heavy atom. The normalized spacial score (nSPS) is 16.7. The summed E-state index contributed by atoms with van der Waals surface area (Å²) in [6, 6.07) is 0. The Hall–Kier alpha value is -1.64. The van der Waals surface area contributed by atoms with Crippen LogP contribution in [0.2, 0.25) is 0 Å². The van der Waals surface area contributed by atoms with Crippen LogP contribution >= 0.6 is 0 Å². The summed E-state index contributed by atoms with van der Waals surface area (Å²) in [4.78, 5) is 23.0. The molecule has 0 aliphatic carbocycles. The van der Waals surface area contributed by atoms with Crippen molar-refractivity contribution >= 4 is 11.8 Å². The Bertz CT molecular complexity index is 516. The lowest BCUT2D eigenvalue weighted by Crippen LogP contribution is -2.18. The molecule has 0 spiro atoms. The molecular weight excluding hydrogens is 360 g/mol. The smallest absolute Gasteiger partial charge is 0.330 e. The molecule has 0 bridgehead atoms. The summed E-state index contributed by atoms with van der Waals surface area (Å²) in [5, 5.41) is 0. The molecule has 0 aromatic heterocycles. The van der Waals surface area contributed by atoms with Crippen LogP contribution in [-0.4, -0.2) is 17.9 Å². The van der Waals surface area contributed by atoms with Crippen molar-refractivity contribution in [2.24, 2.45) is 0 Å². The topological polar surface area (TPSA) is 43.4 Å². The van der Waals surface area contributed by atoms with Crippen LogP contribution in [0.1, 0.15) is 110 Å². The van der Waals surface area contributed by atoms with E-state index in [4.69, 9.17) is 4.74 Å². The Kier molecular flexibility index (Phi) is 16.1. The highest BCUT2D eigenvalue weighted by Gasteiger charge is 2.13. The van der Waals surface area contributed by atoms with Crippen LogP contribution in [0.25, 0.3) is 0 Å². The molecule has 0 saturated carbocycles. The van der Waals surface area contributed by atoms with Crippen LogP contribution in [0.5, 0.6) is 0 Å². The highest BCUT2D eigenvalue weighted by molar-refractivity contribution is 5.89. The maximum absolute atomic E-state index is 11.9. The largest absolute Gasteiger partial charge is 0.459 e. The summed E-state index contributed by atoms with van der Waals surface area (Å²) in [5.74, 6) is -0.102. The molecule has 164 valence electrons. The average molecular weight is 403 g/mol. The molecule has 0 radical (unpaired) electrons. The second-order valence-electron chi connectivity index (χ2n) is 8.14. The first-order valence-corrected chi connectivity index (χ1v) is 11.9. The summed E-state index contributed by atoms with van der Waals surface area (Å²) in [6.07, 6.45) is 29.8. The van der Waals surface area contributed by atoms with Gasteiger partial charge < -0.3 is 4.74 Å². The third kappa shape index (κ3) is 15.9. The summed E-state index contributed by atoms with van der Waals surface area (Å²) < 4.78 is 5.17. The van der Waals surface area contributed by atoms with Crippen molar-refractivity contribution in [2.75, 3.05) is 0 Å². The van der Waals surface area contributed by atoms with E-state index < -0.39 is 0 Å². The first-order valence-electron chi connectivity index (χ1n) is 11.9. The van der Waals surface area contributed by atoms with Gasteiger partial charge in [-0.1, -0.05) is 82.6 Å². The zero-order valence-corrected chi connectivity index (χ0v) is 18.6. The lowest BCUT2D eigenvalue weighted by Gasteiger charge is -2.16. The molecule has 0 amide bonds. The van der Waals surface area contributed by atoms with E-state index in [1.807, 2.05) is 12.2 Å². The molecule has 0 N–H and O–H groups in total. The van der Waals surface area contributed by atoms with E-state index in [1.165, 1.54) is 76.7 Å². The number of allylic oxidation sites excluding steroid dienone is 3. The number of rotatable bonds is 18. The van der Waals surface area contributed by atoms with Crippen LogP contribution in [-0.2, 0) is 14.3 Å². The van der Waals surface area contributed by atoms with Crippen molar-refractivity contribution in [3.05, 3.63) is 36.5 Å². The molecule has 29 heavy (non-hydrogen) atoms. The molecule has 1 atom stereocenters. The van der Waals surface area contributed by atoms with Crippen LogP contribution < -0.4 is 0 Å². The fraction of sp³-hybridized carbons (Fsp3) is 0.692. The van der Waals surface area contributed by atoms with Gasteiger partial charge in [0.2, 0.25) is 0 Å². The quantitative estimate of drug-likeness (QED) is 0.104. The number of ketones is 1. The molecule has 0 fully saturated rings. The molecule has 1 aliphatic rings. The van der Waals surface area contributed by atoms with Crippen molar-refractivity contribution in [1.29, 1.82) is 0 Å². The maximum Gasteiger partial charge on any atom is 0.330 e. The van der Waals surface area contributed by atoms with Gasteiger partial charge >= 0.3 is 5.97 Å². The predicted molar refractivity (Wildman–Crippen MR) is 122 cm³/mol. The molecule has 1 aliphatic heterocycles. The zero-order chi connectivity index (χ0) is 21.0. The third-order valence-electron chi connectivity index (χ3n) is 5.32. The fourth-order valence-electron chi connectivity index (χ4n) is 3.52. The number of esters is 1. The lowest BCUT2D eigenvalue weighted by atomic mass is 10.1. The Morgan fingerprint density at radius 1 is 0.931 bits per heavy atom. The molecule has 0 saturated heterocycles. The number of hydrogen-bond donors (Lipinski definition) is 0. The van der Waals surface area contributed by atoms with Crippen LogP contribution in [0.3, 0.4) is 0 Å². The molecular formula is C26H42O3. The van der Waals surface area contributed by atoms with E-state index in [1.54, 1.807) is 6.08 Å². The Morgan fingerprint density at radius 2 is 1.55 bits per heavy atom. The van der Waals surface area contributed by atoms with Gasteiger partial charge in [0.1, 0.15) is 6.10 Å². The van der Waals surface area contributed by atoms with Gasteiger partial charge in [-0.3, -0.25) is 4.79 Å². The zero-order valence-electron chi connectivity index (χ0n) is 18.6. The number of cyclic esters (lactones) is 1. The van der Waals surface area contributed by atoms with Crippen LogP contribution in [0.15, 0.2) is 36.5 Å².